The normalized spacial score (nSPS) is 11.5. The van der Waals surface area contributed by atoms with E-state index in [1.54, 1.807) is 24.3 Å². The van der Waals surface area contributed by atoms with Gasteiger partial charge in [-0.15, -0.1) is 0 Å². The second kappa shape index (κ2) is 7.63. The summed E-state index contributed by atoms with van der Waals surface area (Å²) in [5.74, 6) is 0.222. The Labute approximate surface area is 174 Å². The van der Waals surface area contributed by atoms with Crippen LogP contribution in [0.2, 0.25) is 0 Å². The molecule has 0 atom stereocenters. The first-order chi connectivity index (χ1) is 14.7. The number of fused-ring (bicyclic) bond motifs is 1. The van der Waals surface area contributed by atoms with Crippen LogP contribution in [0, 0.1) is 6.92 Å². The summed E-state index contributed by atoms with van der Waals surface area (Å²) in [5.41, 5.74) is 8.16. The maximum absolute atomic E-state index is 12.8. The van der Waals surface area contributed by atoms with Crippen LogP contribution in [0.3, 0.4) is 0 Å². The monoisotopic (exact) mass is 427 g/mol. The van der Waals surface area contributed by atoms with Gasteiger partial charge in [0, 0.05) is 22.6 Å². The van der Waals surface area contributed by atoms with Gasteiger partial charge in [-0.25, -0.2) is 9.78 Å². The van der Waals surface area contributed by atoms with Crippen LogP contribution in [0.25, 0.3) is 22.2 Å². The number of carbonyl (C=O) groups is 1. The van der Waals surface area contributed by atoms with E-state index < -0.39 is 17.8 Å². The molecule has 4 rings (SSSR count). The van der Waals surface area contributed by atoms with Crippen molar-refractivity contribution in [3.05, 3.63) is 65.9 Å². The summed E-state index contributed by atoms with van der Waals surface area (Å²) in [7, 11) is 0. The van der Waals surface area contributed by atoms with Gasteiger partial charge in [0.1, 0.15) is 0 Å². The number of nitrogen functional groups attached to an aromatic ring is 1. The van der Waals surface area contributed by atoms with Crippen molar-refractivity contribution >= 4 is 34.3 Å². The van der Waals surface area contributed by atoms with Gasteiger partial charge >= 0.3 is 12.2 Å². The number of pyridine rings is 1. The van der Waals surface area contributed by atoms with Crippen LogP contribution < -0.4 is 16.4 Å². The Hall–Kier alpha value is -4.08. The number of hydrogen-bond acceptors (Lipinski definition) is 5. The number of halogens is 3. The van der Waals surface area contributed by atoms with Crippen LogP contribution in [0.4, 0.5) is 35.2 Å². The molecule has 0 unspecified atom stereocenters. The molecule has 158 valence electrons. The number of aryl methyl sites for hydroxylation is 1. The number of nitrogens with two attached hydrogens (primary N) is 1. The van der Waals surface area contributed by atoms with Gasteiger partial charge < -0.3 is 20.9 Å². The molecule has 2 aromatic heterocycles. The average molecular weight is 427 g/mol. The number of nitrogens with one attached hydrogen (secondary N) is 2. The van der Waals surface area contributed by atoms with Gasteiger partial charge in [-0.05, 0) is 48.9 Å². The van der Waals surface area contributed by atoms with Crippen molar-refractivity contribution in [2.45, 2.75) is 13.1 Å². The zero-order valence-electron chi connectivity index (χ0n) is 16.1. The molecule has 10 heteroatoms. The van der Waals surface area contributed by atoms with Crippen molar-refractivity contribution in [1.29, 1.82) is 0 Å². The molecule has 7 nitrogen and oxygen atoms in total. The summed E-state index contributed by atoms with van der Waals surface area (Å²) in [6, 6.07) is 12.4. The largest absolute Gasteiger partial charge is 0.416 e. The molecule has 0 bridgehead atoms. The molecule has 2 heterocycles. The number of anilines is 3. The maximum atomic E-state index is 12.8. The minimum Gasteiger partial charge on any atom is -0.380 e. The fourth-order valence-electron chi connectivity index (χ4n) is 3.12. The Kier molecular flexibility index (Phi) is 4.97. The van der Waals surface area contributed by atoms with E-state index in [2.05, 4.69) is 20.8 Å². The Morgan fingerprint density at radius 2 is 1.74 bits per heavy atom. The molecule has 2 amide bonds. The average Bonchev–Trinajstić information content (AvgIpc) is 3.08. The van der Waals surface area contributed by atoms with Crippen molar-refractivity contribution in [1.82, 2.24) is 10.1 Å². The van der Waals surface area contributed by atoms with Gasteiger partial charge in [-0.2, -0.15) is 13.2 Å². The molecule has 4 aromatic rings. The Morgan fingerprint density at radius 3 is 2.45 bits per heavy atom. The third-order valence-corrected chi connectivity index (χ3v) is 4.50. The second-order valence-electron chi connectivity index (χ2n) is 6.79. The minimum absolute atomic E-state index is 0.0292. The third-order valence-electron chi connectivity index (χ3n) is 4.50. The summed E-state index contributed by atoms with van der Waals surface area (Å²) >= 11 is 0. The SMILES string of the molecule is Cc1cc(-c2ccc(NC(=O)Nc3cccc(C(F)(F)F)c3)cc2)c2c(N)noc2n1. The van der Waals surface area contributed by atoms with Crippen LogP contribution in [0.15, 0.2) is 59.1 Å². The molecule has 0 saturated carbocycles. The second-order valence-corrected chi connectivity index (χ2v) is 6.79. The van der Waals surface area contributed by atoms with Crippen molar-refractivity contribution in [3.8, 4) is 11.1 Å². The lowest BCUT2D eigenvalue weighted by Crippen LogP contribution is -2.19. The molecule has 0 aliphatic carbocycles. The first-order valence-corrected chi connectivity index (χ1v) is 9.09. The number of nitrogens with zero attached hydrogens (tertiary/aromatic N) is 2. The van der Waals surface area contributed by atoms with Gasteiger partial charge in [-0.3, -0.25) is 0 Å². The van der Waals surface area contributed by atoms with Crippen molar-refractivity contribution in [2.75, 3.05) is 16.4 Å². The van der Waals surface area contributed by atoms with Gasteiger partial charge in [0.15, 0.2) is 5.82 Å². The highest BCUT2D eigenvalue weighted by Gasteiger charge is 2.30. The topological polar surface area (TPSA) is 106 Å². The number of amides is 2. The summed E-state index contributed by atoms with van der Waals surface area (Å²) in [6.07, 6.45) is -4.49. The summed E-state index contributed by atoms with van der Waals surface area (Å²) < 4.78 is 43.6. The maximum Gasteiger partial charge on any atom is 0.416 e. The van der Waals surface area contributed by atoms with E-state index in [4.69, 9.17) is 10.3 Å². The van der Waals surface area contributed by atoms with E-state index in [1.807, 2.05) is 13.0 Å². The zero-order valence-corrected chi connectivity index (χ0v) is 16.1. The van der Waals surface area contributed by atoms with Gasteiger partial charge in [0.05, 0.1) is 10.9 Å². The number of alkyl halides is 3. The van der Waals surface area contributed by atoms with E-state index in [1.165, 1.54) is 12.1 Å². The van der Waals surface area contributed by atoms with Gasteiger partial charge in [-0.1, -0.05) is 23.4 Å². The van der Waals surface area contributed by atoms with Crippen molar-refractivity contribution in [3.63, 3.8) is 0 Å². The first-order valence-electron chi connectivity index (χ1n) is 9.09. The zero-order chi connectivity index (χ0) is 22.2. The smallest absolute Gasteiger partial charge is 0.380 e. The molecule has 2 aromatic carbocycles. The van der Waals surface area contributed by atoms with E-state index in [-0.39, 0.29) is 11.5 Å². The quantitative estimate of drug-likeness (QED) is 0.404. The number of aromatic nitrogens is 2. The highest BCUT2D eigenvalue weighted by molar-refractivity contribution is 6.01. The molecule has 0 aliphatic rings. The van der Waals surface area contributed by atoms with Crippen molar-refractivity contribution in [2.24, 2.45) is 0 Å². The number of carbonyl (C=O) groups excluding carboxylic acids is 1. The molecule has 0 saturated heterocycles. The van der Waals surface area contributed by atoms with Crippen LogP contribution in [0.1, 0.15) is 11.3 Å². The molecule has 0 radical (unpaired) electrons. The Bertz CT molecular complexity index is 1270. The predicted octanol–water partition coefficient (Wildman–Crippen LogP) is 5.44. The first kappa shape index (κ1) is 20.2. The van der Waals surface area contributed by atoms with E-state index in [0.29, 0.717) is 16.8 Å². The van der Waals surface area contributed by atoms with Crippen LogP contribution in [-0.2, 0) is 6.18 Å². The molecule has 0 fully saturated rings. The fourth-order valence-corrected chi connectivity index (χ4v) is 3.12. The number of urea groups is 1. The van der Waals surface area contributed by atoms with E-state index >= 15 is 0 Å². The van der Waals surface area contributed by atoms with E-state index in [0.717, 1.165) is 29.0 Å². The summed E-state index contributed by atoms with van der Waals surface area (Å²) in [4.78, 5) is 16.4. The highest BCUT2D eigenvalue weighted by atomic mass is 19.4. The number of rotatable bonds is 3. The van der Waals surface area contributed by atoms with Crippen molar-refractivity contribution < 1.29 is 22.5 Å². The van der Waals surface area contributed by atoms with Gasteiger partial charge in [0.25, 0.3) is 5.71 Å². The lowest BCUT2D eigenvalue weighted by molar-refractivity contribution is -0.137. The summed E-state index contributed by atoms with van der Waals surface area (Å²) in [5, 5.41) is 9.31. The fraction of sp³-hybridized carbons (Fsp3) is 0.0952. The molecule has 31 heavy (non-hydrogen) atoms. The lowest BCUT2D eigenvalue weighted by Gasteiger charge is -2.11. The number of benzene rings is 2. The molecule has 0 spiro atoms. The summed E-state index contributed by atoms with van der Waals surface area (Å²) in [6.45, 7) is 1.82. The van der Waals surface area contributed by atoms with Gasteiger partial charge in [0.2, 0.25) is 0 Å². The number of hydrogen-bond donors (Lipinski definition) is 3. The predicted molar refractivity (Wildman–Crippen MR) is 110 cm³/mol. The van der Waals surface area contributed by atoms with Crippen LogP contribution >= 0.6 is 0 Å². The molecular formula is C21H16F3N5O2. The third kappa shape index (κ3) is 4.27. The Balaban J connectivity index is 1.51. The van der Waals surface area contributed by atoms with Crippen LogP contribution in [-0.4, -0.2) is 16.2 Å². The standard InChI is InChI=1S/C21H16F3N5O2/c1-11-9-16(17-18(25)29-31-19(17)26-11)12-5-7-14(8-6-12)27-20(30)28-15-4-2-3-13(10-15)21(22,23)24/h2-10H,1H3,(H2,25,29)(H2,27,28,30). The molecule has 0 aliphatic heterocycles. The molecule has 4 N–H and O–H groups in total. The Morgan fingerprint density at radius 1 is 1.03 bits per heavy atom. The lowest BCUT2D eigenvalue weighted by atomic mass is 10.0. The van der Waals surface area contributed by atoms with E-state index in [9.17, 15) is 18.0 Å². The van der Waals surface area contributed by atoms with Crippen LogP contribution in [0.5, 0.6) is 0 Å². The molecular weight excluding hydrogens is 411 g/mol. The minimum atomic E-state index is -4.49. The highest BCUT2D eigenvalue weighted by Crippen LogP contribution is 2.33.